The van der Waals surface area contributed by atoms with Crippen molar-refractivity contribution < 1.29 is 9.59 Å². The molecule has 0 aliphatic carbocycles. The van der Waals surface area contributed by atoms with Gasteiger partial charge in [-0.25, -0.2) is 0 Å². The third-order valence-electron chi connectivity index (χ3n) is 5.65. The van der Waals surface area contributed by atoms with Crippen LogP contribution < -0.4 is 10.2 Å². The minimum Gasteiger partial charge on any atom is -0.368 e. The zero-order valence-electron chi connectivity index (χ0n) is 17.5. The van der Waals surface area contributed by atoms with Crippen molar-refractivity contribution in [2.24, 2.45) is 0 Å². The quantitative estimate of drug-likeness (QED) is 0.674. The molecule has 4 rings (SSSR count). The lowest BCUT2D eigenvalue weighted by Crippen LogP contribution is -2.51. The second-order valence-electron chi connectivity index (χ2n) is 7.71. The largest absolute Gasteiger partial charge is 0.368 e. The SMILES string of the molecule is O=C(NCC(=O)N1CCN(c2ccccc2)CC1)c1ccccc1Cc1ccccc1. The van der Waals surface area contributed by atoms with E-state index in [0.717, 1.165) is 24.2 Å². The standard InChI is InChI=1S/C26H27N3O2/c30-25(29-17-15-28(16-18-29)23-12-5-2-6-13-23)20-27-26(31)24-14-8-7-11-22(24)19-21-9-3-1-4-10-21/h1-14H,15-20H2,(H,27,31). The van der Waals surface area contributed by atoms with Crippen molar-refractivity contribution in [2.75, 3.05) is 37.6 Å². The van der Waals surface area contributed by atoms with E-state index in [1.165, 1.54) is 5.69 Å². The molecule has 158 valence electrons. The number of rotatable bonds is 6. The molecule has 0 aromatic heterocycles. The van der Waals surface area contributed by atoms with Gasteiger partial charge in [0.05, 0.1) is 6.54 Å². The van der Waals surface area contributed by atoms with Gasteiger partial charge in [0.2, 0.25) is 5.91 Å². The molecule has 0 spiro atoms. The van der Waals surface area contributed by atoms with Gasteiger partial charge in [0, 0.05) is 37.4 Å². The monoisotopic (exact) mass is 413 g/mol. The van der Waals surface area contributed by atoms with Crippen molar-refractivity contribution in [1.29, 1.82) is 0 Å². The second kappa shape index (κ2) is 9.94. The molecule has 5 heteroatoms. The van der Waals surface area contributed by atoms with Gasteiger partial charge in [-0.15, -0.1) is 0 Å². The van der Waals surface area contributed by atoms with Crippen LogP contribution in [0.15, 0.2) is 84.9 Å². The Morgan fingerprint density at radius 3 is 2.06 bits per heavy atom. The molecule has 1 heterocycles. The lowest BCUT2D eigenvalue weighted by molar-refractivity contribution is -0.130. The smallest absolute Gasteiger partial charge is 0.252 e. The number of carbonyl (C=O) groups excluding carboxylic acids is 2. The minimum atomic E-state index is -0.206. The lowest BCUT2D eigenvalue weighted by Gasteiger charge is -2.36. The van der Waals surface area contributed by atoms with Crippen molar-refractivity contribution >= 4 is 17.5 Å². The molecular formula is C26H27N3O2. The Hall–Kier alpha value is -3.60. The summed E-state index contributed by atoms with van der Waals surface area (Å²) in [6.45, 7) is 2.93. The van der Waals surface area contributed by atoms with E-state index in [4.69, 9.17) is 0 Å². The molecule has 1 saturated heterocycles. The molecule has 2 amide bonds. The van der Waals surface area contributed by atoms with Crippen LogP contribution in [-0.2, 0) is 11.2 Å². The molecule has 0 atom stereocenters. The van der Waals surface area contributed by atoms with E-state index >= 15 is 0 Å². The molecule has 1 aliphatic rings. The lowest BCUT2D eigenvalue weighted by atomic mass is 9.99. The second-order valence-corrected chi connectivity index (χ2v) is 7.71. The molecule has 31 heavy (non-hydrogen) atoms. The predicted octanol–water partition coefficient (Wildman–Crippen LogP) is 3.36. The van der Waals surface area contributed by atoms with Crippen LogP contribution in [0.5, 0.6) is 0 Å². The van der Waals surface area contributed by atoms with Crippen molar-refractivity contribution in [3.63, 3.8) is 0 Å². The first-order valence-corrected chi connectivity index (χ1v) is 10.7. The average Bonchev–Trinajstić information content (AvgIpc) is 2.84. The maximum atomic E-state index is 12.8. The molecular weight excluding hydrogens is 386 g/mol. The maximum absolute atomic E-state index is 12.8. The number of nitrogens with zero attached hydrogens (tertiary/aromatic N) is 2. The first-order chi connectivity index (χ1) is 15.2. The number of para-hydroxylation sites is 1. The average molecular weight is 414 g/mol. The third kappa shape index (κ3) is 5.31. The zero-order chi connectivity index (χ0) is 21.5. The van der Waals surface area contributed by atoms with Crippen molar-refractivity contribution in [1.82, 2.24) is 10.2 Å². The number of benzene rings is 3. The summed E-state index contributed by atoms with van der Waals surface area (Å²) in [6, 6.07) is 27.9. The highest BCUT2D eigenvalue weighted by atomic mass is 16.2. The van der Waals surface area contributed by atoms with Gasteiger partial charge < -0.3 is 15.1 Å². The Balaban J connectivity index is 1.31. The van der Waals surface area contributed by atoms with Gasteiger partial charge in [-0.2, -0.15) is 0 Å². The summed E-state index contributed by atoms with van der Waals surface area (Å²) in [4.78, 5) is 29.5. The van der Waals surface area contributed by atoms with Crippen LogP contribution in [0.1, 0.15) is 21.5 Å². The summed E-state index contributed by atoms with van der Waals surface area (Å²) in [6.07, 6.45) is 0.680. The van der Waals surface area contributed by atoms with Gasteiger partial charge in [0.15, 0.2) is 0 Å². The van der Waals surface area contributed by atoms with E-state index in [-0.39, 0.29) is 18.4 Å². The predicted molar refractivity (Wildman–Crippen MR) is 123 cm³/mol. The van der Waals surface area contributed by atoms with E-state index in [0.29, 0.717) is 25.1 Å². The van der Waals surface area contributed by atoms with Gasteiger partial charge in [-0.05, 0) is 35.7 Å². The van der Waals surface area contributed by atoms with Gasteiger partial charge in [0.1, 0.15) is 0 Å². The van der Waals surface area contributed by atoms with Gasteiger partial charge >= 0.3 is 0 Å². The molecule has 1 N–H and O–H groups in total. The Kier molecular flexibility index (Phi) is 6.62. The van der Waals surface area contributed by atoms with Crippen LogP contribution in [0, 0.1) is 0 Å². The highest BCUT2D eigenvalue weighted by Gasteiger charge is 2.22. The number of piperazine rings is 1. The van der Waals surface area contributed by atoms with Gasteiger partial charge in [0.25, 0.3) is 5.91 Å². The van der Waals surface area contributed by atoms with Crippen LogP contribution in [0.4, 0.5) is 5.69 Å². The van der Waals surface area contributed by atoms with Crippen LogP contribution in [-0.4, -0.2) is 49.4 Å². The number of hydrogen-bond acceptors (Lipinski definition) is 3. The summed E-state index contributed by atoms with van der Waals surface area (Å²) < 4.78 is 0. The van der Waals surface area contributed by atoms with E-state index in [2.05, 4.69) is 22.3 Å². The minimum absolute atomic E-state index is 0.0177. The number of nitrogens with one attached hydrogen (secondary N) is 1. The Labute approximate surface area is 183 Å². The molecule has 3 aromatic carbocycles. The Bertz CT molecular complexity index is 1010. The zero-order valence-corrected chi connectivity index (χ0v) is 17.5. The molecule has 1 aliphatic heterocycles. The van der Waals surface area contributed by atoms with Gasteiger partial charge in [-0.3, -0.25) is 9.59 Å². The summed E-state index contributed by atoms with van der Waals surface area (Å²) in [5, 5.41) is 2.82. The topological polar surface area (TPSA) is 52.7 Å². The first-order valence-electron chi connectivity index (χ1n) is 10.7. The van der Waals surface area contributed by atoms with E-state index < -0.39 is 0 Å². The van der Waals surface area contributed by atoms with Crippen molar-refractivity contribution in [3.05, 3.63) is 102 Å². The van der Waals surface area contributed by atoms with E-state index in [1.54, 1.807) is 0 Å². The summed E-state index contributed by atoms with van der Waals surface area (Å²) in [5.41, 5.74) is 3.90. The highest BCUT2D eigenvalue weighted by Crippen LogP contribution is 2.16. The Morgan fingerprint density at radius 1 is 0.742 bits per heavy atom. The molecule has 0 saturated carbocycles. The number of anilines is 1. The molecule has 0 radical (unpaired) electrons. The van der Waals surface area contributed by atoms with Crippen LogP contribution in [0.2, 0.25) is 0 Å². The number of amides is 2. The van der Waals surface area contributed by atoms with Gasteiger partial charge in [-0.1, -0.05) is 66.7 Å². The fourth-order valence-electron chi connectivity index (χ4n) is 3.93. The molecule has 0 bridgehead atoms. The van der Waals surface area contributed by atoms with Crippen molar-refractivity contribution in [2.45, 2.75) is 6.42 Å². The van der Waals surface area contributed by atoms with E-state index in [9.17, 15) is 9.59 Å². The summed E-state index contributed by atoms with van der Waals surface area (Å²) in [7, 11) is 0. The van der Waals surface area contributed by atoms with Crippen LogP contribution >= 0.6 is 0 Å². The molecule has 1 fully saturated rings. The fourth-order valence-corrected chi connectivity index (χ4v) is 3.93. The maximum Gasteiger partial charge on any atom is 0.252 e. The van der Waals surface area contributed by atoms with E-state index in [1.807, 2.05) is 77.7 Å². The molecule has 0 unspecified atom stereocenters. The molecule has 3 aromatic rings. The molecule has 5 nitrogen and oxygen atoms in total. The fraction of sp³-hybridized carbons (Fsp3) is 0.231. The first kappa shape index (κ1) is 20.7. The third-order valence-corrected chi connectivity index (χ3v) is 5.65. The summed E-state index contributed by atoms with van der Waals surface area (Å²) >= 11 is 0. The van der Waals surface area contributed by atoms with Crippen molar-refractivity contribution in [3.8, 4) is 0 Å². The van der Waals surface area contributed by atoms with Crippen LogP contribution in [0.25, 0.3) is 0 Å². The number of hydrogen-bond donors (Lipinski definition) is 1. The Morgan fingerprint density at radius 2 is 1.35 bits per heavy atom. The summed E-state index contributed by atoms with van der Waals surface area (Å²) in [5.74, 6) is -0.246. The van der Waals surface area contributed by atoms with Crippen LogP contribution in [0.3, 0.4) is 0 Å². The normalized spacial score (nSPS) is 13.7. The number of carbonyl (C=O) groups is 2. The highest BCUT2D eigenvalue weighted by molar-refractivity contribution is 5.97.